The van der Waals surface area contributed by atoms with Crippen LogP contribution in [0.15, 0.2) is 18.2 Å². The minimum atomic E-state index is -3.28. The predicted molar refractivity (Wildman–Crippen MR) is 61.5 cm³/mol. The highest BCUT2D eigenvalue weighted by atomic mass is 19.3. The topological polar surface area (TPSA) is 50.9 Å². The van der Waals surface area contributed by atoms with Crippen molar-refractivity contribution in [2.45, 2.75) is 26.4 Å². The highest BCUT2D eigenvalue weighted by molar-refractivity contribution is 5.39. The lowest BCUT2D eigenvalue weighted by Crippen LogP contribution is -2.11. The molecule has 0 bridgehead atoms. The largest absolute Gasteiger partial charge is 0.390 e. The summed E-state index contributed by atoms with van der Waals surface area (Å²) in [6.07, 6.45) is 0. The Morgan fingerprint density at radius 2 is 2.05 bits per heavy atom. The first-order valence-electron chi connectivity index (χ1n) is 5.55. The second-order valence-electron chi connectivity index (χ2n) is 4.24. The molecule has 0 aliphatic heterocycles. The standard InChI is InChI=1S/C12H12F3N3O/c1-7-11(6-19)16-17-18(7)8-3-4-10(13)9(5-8)12(2,14)15/h3-5,19H,6H2,1-2H3. The zero-order valence-corrected chi connectivity index (χ0v) is 10.4. The SMILES string of the molecule is Cc1c(CO)nnn1-c1ccc(F)c(C(C)(F)F)c1. The number of rotatable bonds is 3. The summed E-state index contributed by atoms with van der Waals surface area (Å²) in [5.74, 6) is -4.26. The summed E-state index contributed by atoms with van der Waals surface area (Å²) < 4.78 is 41.2. The van der Waals surface area contributed by atoms with Crippen LogP contribution in [0.5, 0.6) is 0 Å². The maximum atomic E-state index is 13.4. The van der Waals surface area contributed by atoms with Crippen LogP contribution in [-0.2, 0) is 12.5 Å². The van der Waals surface area contributed by atoms with Crippen LogP contribution < -0.4 is 0 Å². The first-order chi connectivity index (χ1) is 8.84. The van der Waals surface area contributed by atoms with Gasteiger partial charge in [0.25, 0.3) is 5.92 Å². The summed E-state index contributed by atoms with van der Waals surface area (Å²) >= 11 is 0. The van der Waals surface area contributed by atoms with Crippen LogP contribution in [-0.4, -0.2) is 20.1 Å². The fraction of sp³-hybridized carbons (Fsp3) is 0.333. The zero-order chi connectivity index (χ0) is 14.2. The Kier molecular flexibility index (Phi) is 3.32. The Labute approximate surface area is 107 Å². The lowest BCUT2D eigenvalue weighted by Gasteiger charge is -2.13. The Balaban J connectivity index is 2.55. The van der Waals surface area contributed by atoms with Crippen molar-refractivity contribution < 1.29 is 18.3 Å². The lowest BCUT2D eigenvalue weighted by atomic mass is 10.1. The van der Waals surface area contributed by atoms with Crippen molar-refractivity contribution in [1.82, 2.24) is 15.0 Å². The van der Waals surface area contributed by atoms with Gasteiger partial charge in [-0.25, -0.2) is 17.9 Å². The van der Waals surface area contributed by atoms with Crippen LogP contribution in [0.3, 0.4) is 0 Å². The van der Waals surface area contributed by atoms with Crippen molar-refractivity contribution in [3.63, 3.8) is 0 Å². The van der Waals surface area contributed by atoms with E-state index in [0.29, 0.717) is 18.3 Å². The molecule has 0 amide bonds. The number of halogens is 3. The van der Waals surface area contributed by atoms with Crippen molar-refractivity contribution in [3.05, 3.63) is 41.0 Å². The van der Waals surface area contributed by atoms with Gasteiger partial charge in [-0.3, -0.25) is 0 Å². The van der Waals surface area contributed by atoms with Crippen LogP contribution in [0.1, 0.15) is 23.9 Å². The fourth-order valence-electron chi connectivity index (χ4n) is 1.73. The van der Waals surface area contributed by atoms with E-state index in [1.54, 1.807) is 6.92 Å². The van der Waals surface area contributed by atoms with Gasteiger partial charge in [-0.1, -0.05) is 5.21 Å². The number of hydrogen-bond donors (Lipinski definition) is 1. The minimum Gasteiger partial charge on any atom is -0.390 e. The predicted octanol–water partition coefficient (Wildman–Crippen LogP) is 2.32. The number of aliphatic hydroxyl groups is 1. The van der Waals surface area contributed by atoms with Crippen molar-refractivity contribution >= 4 is 0 Å². The zero-order valence-electron chi connectivity index (χ0n) is 10.4. The van der Waals surface area contributed by atoms with Gasteiger partial charge < -0.3 is 5.11 Å². The molecule has 0 spiro atoms. The molecule has 4 nitrogen and oxygen atoms in total. The number of nitrogens with zero attached hydrogens (tertiary/aromatic N) is 3. The third-order valence-corrected chi connectivity index (χ3v) is 2.81. The van der Waals surface area contributed by atoms with Crippen molar-refractivity contribution in [2.24, 2.45) is 0 Å². The third-order valence-electron chi connectivity index (χ3n) is 2.81. The Morgan fingerprint density at radius 3 is 2.58 bits per heavy atom. The quantitative estimate of drug-likeness (QED) is 0.932. The van der Waals surface area contributed by atoms with Gasteiger partial charge in [-0.15, -0.1) is 5.10 Å². The number of hydrogen-bond acceptors (Lipinski definition) is 3. The molecule has 0 radical (unpaired) electrons. The molecule has 7 heteroatoms. The normalized spacial score (nSPS) is 11.9. The van der Waals surface area contributed by atoms with E-state index in [9.17, 15) is 13.2 Å². The maximum Gasteiger partial charge on any atom is 0.273 e. The summed E-state index contributed by atoms with van der Waals surface area (Å²) in [6.45, 7) is 1.96. The number of benzene rings is 1. The van der Waals surface area contributed by atoms with E-state index in [-0.39, 0.29) is 12.3 Å². The molecule has 0 saturated heterocycles. The molecule has 1 heterocycles. The molecule has 0 atom stereocenters. The average Bonchev–Trinajstić information content (AvgIpc) is 2.70. The minimum absolute atomic E-state index is 0.266. The van der Waals surface area contributed by atoms with E-state index in [2.05, 4.69) is 10.3 Å². The summed E-state index contributed by atoms with van der Waals surface area (Å²) in [5, 5.41) is 16.5. The van der Waals surface area contributed by atoms with Gasteiger partial charge in [0.15, 0.2) is 0 Å². The van der Waals surface area contributed by atoms with E-state index < -0.39 is 17.3 Å². The van der Waals surface area contributed by atoms with E-state index in [4.69, 9.17) is 5.11 Å². The van der Waals surface area contributed by atoms with Gasteiger partial charge in [0.05, 0.1) is 23.6 Å². The molecule has 0 aliphatic rings. The smallest absolute Gasteiger partial charge is 0.273 e. The number of alkyl halides is 2. The van der Waals surface area contributed by atoms with Gasteiger partial charge in [0.2, 0.25) is 0 Å². The van der Waals surface area contributed by atoms with E-state index in [0.717, 1.165) is 12.1 Å². The van der Waals surface area contributed by atoms with Gasteiger partial charge in [0, 0.05) is 6.92 Å². The summed E-state index contributed by atoms with van der Waals surface area (Å²) in [5.41, 5.74) is 0.418. The second-order valence-corrected chi connectivity index (χ2v) is 4.24. The van der Waals surface area contributed by atoms with Crippen LogP contribution in [0.25, 0.3) is 5.69 Å². The molecule has 1 N–H and O–H groups in total. The first-order valence-corrected chi connectivity index (χ1v) is 5.55. The van der Waals surface area contributed by atoms with Crippen LogP contribution >= 0.6 is 0 Å². The molecule has 2 aromatic rings. The van der Waals surface area contributed by atoms with Gasteiger partial charge in [-0.05, 0) is 25.1 Å². The van der Waals surface area contributed by atoms with E-state index >= 15 is 0 Å². The highest BCUT2D eigenvalue weighted by Crippen LogP contribution is 2.30. The fourth-order valence-corrected chi connectivity index (χ4v) is 1.73. The lowest BCUT2D eigenvalue weighted by molar-refractivity contribution is 0.0137. The van der Waals surface area contributed by atoms with Crippen molar-refractivity contribution in [2.75, 3.05) is 0 Å². The Bertz CT molecular complexity index is 605. The molecule has 19 heavy (non-hydrogen) atoms. The maximum absolute atomic E-state index is 13.4. The Hall–Kier alpha value is -1.89. The summed E-state index contributed by atoms with van der Waals surface area (Å²) in [4.78, 5) is 0. The highest BCUT2D eigenvalue weighted by Gasteiger charge is 2.29. The molecule has 0 aliphatic carbocycles. The Morgan fingerprint density at radius 1 is 1.37 bits per heavy atom. The van der Waals surface area contributed by atoms with Gasteiger partial charge >= 0.3 is 0 Å². The van der Waals surface area contributed by atoms with Crippen LogP contribution in [0.2, 0.25) is 0 Å². The molecule has 1 aromatic heterocycles. The average molecular weight is 271 g/mol. The van der Waals surface area contributed by atoms with Crippen molar-refractivity contribution in [1.29, 1.82) is 0 Å². The molecule has 2 rings (SSSR count). The molecule has 0 unspecified atom stereocenters. The second kappa shape index (κ2) is 4.65. The molecule has 0 fully saturated rings. The van der Waals surface area contributed by atoms with Crippen molar-refractivity contribution in [3.8, 4) is 5.69 Å². The summed E-state index contributed by atoms with van der Waals surface area (Å²) in [7, 11) is 0. The molecule has 1 aromatic carbocycles. The van der Waals surface area contributed by atoms with Gasteiger partial charge in [-0.2, -0.15) is 0 Å². The number of aliphatic hydroxyl groups excluding tert-OH is 1. The third kappa shape index (κ3) is 2.46. The number of aromatic nitrogens is 3. The van der Waals surface area contributed by atoms with Crippen LogP contribution in [0.4, 0.5) is 13.2 Å². The molecular weight excluding hydrogens is 259 g/mol. The first kappa shape index (κ1) is 13.5. The monoisotopic (exact) mass is 271 g/mol. The van der Waals surface area contributed by atoms with Gasteiger partial charge in [0.1, 0.15) is 11.5 Å². The van der Waals surface area contributed by atoms with E-state index in [1.165, 1.54) is 10.7 Å². The van der Waals surface area contributed by atoms with E-state index in [1.807, 2.05) is 0 Å². The summed E-state index contributed by atoms with van der Waals surface area (Å²) in [6, 6.07) is 3.31. The van der Waals surface area contributed by atoms with Crippen LogP contribution in [0, 0.1) is 12.7 Å². The molecule has 0 saturated carbocycles. The molecule has 102 valence electrons. The molecular formula is C12H12F3N3O.